The molecule has 2 heterocycles. The highest BCUT2D eigenvalue weighted by Crippen LogP contribution is 2.13. The lowest BCUT2D eigenvalue weighted by Crippen LogP contribution is -2.25. The molecule has 1 amide bonds. The van der Waals surface area contributed by atoms with E-state index in [9.17, 15) is 4.79 Å². The van der Waals surface area contributed by atoms with E-state index in [1.807, 2.05) is 12.3 Å². The summed E-state index contributed by atoms with van der Waals surface area (Å²) in [6.45, 7) is 0.510. The number of aromatic nitrogens is 2. The van der Waals surface area contributed by atoms with Gasteiger partial charge >= 0.3 is 0 Å². The van der Waals surface area contributed by atoms with Crippen molar-refractivity contribution in [2.45, 2.75) is 12.2 Å². The maximum Gasteiger partial charge on any atom is 0.287 e. The van der Waals surface area contributed by atoms with Gasteiger partial charge in [-0.15, -0.1) is 0 Å². The van der Waals surface area contributed by atoms with Gasteiger partial charge < -0.3 is 9.73 Å². The van der Waals surface area contributed by atoms with E-state index in [0.717, 1.165) is 17.2 Å². The first kappa shape index (κ1) is 13.6. The van der Waals surface area contributed by atoms with Crippen LogP contribution in [0.25, 0.3) is 0 Å². The van der Waals surface area contributed by atoms with Crippen LogP contribution in [0.4, 0.5) is 0 Å². The fourth-order valence-corrected chi connectivity index (χ4v) is 2.01. The highest BCUT2D eigenvalue weighted by molar-refractivity contribution is 7.97. The van der Waals surface area contributed by atoms with Gasteiger partial charge in [-0.2, -0.15) is 11.8 Å². The van der Waals surface area contributed by atoms with Crippen molar-refractivity contribution in [3.63, 3.8) is 0 Å². The third-order valence-electron chi connectivity index (χ3n) is 2.46. The molecule has 100 valence electrons. The second-order valence-electron chi connectivity index (χ2n) is 3.90. The Morgan fingerprint density at radius 1 is 1.42 bits per heavy atom. The molecule has 0 aliphatic heterocycles. The fourth-order valence-electron chi connectivity index (χ4n) is 1.57. The van der Waals surface area contributed by atoms with E-state index in [1.54, 1.807) is 36.4 Å². The molecule has 0 saturated heterocycles. The highest BCUT2D eigenvalue weighted by Gasteiger charge is 2.10. The predicted molar refractivity (Wildman–Crippen MR) is 74.0 cm³/mol. The van der Waals surface area contributed by atoms with E-state index < -0.39 is 0 Å². The molecule has 0 radical (unpaired) electrons. The van der Waals surface area contributed by atoms with Gasteiger partial charge in [0, 0.05) is 31.6 Å². The number of amides is 1. The molecule has 0 spiro atoms. The van der Waals surface area contributed by atoms with Crippen molar-refractivity contribution in [2.75, 3.05) is 12.8 Å². The second kappa shape index (κ2) is 6.94. The Bertz CT molecular complexity index is 528. The zero-order chi connectivity index (χ0) is 13.5. The van der Waals surface area contributed by atoms with Gasteiger partial charge in [0.25, 0.3) is 5.91 Å². The first-order chi connectivity index (χ1) is 9.29. The van der Waals surface area contributed by atoms with Crippen LogP contribution in [0.1, 0.15) is 22.0 Å². The molecule has 0 saturated carbocycles. The Hall–Kier alpha value is -1.82. The number of rotatable bonds is 6. The molecule has 0 unspecified atom stereocenters. The monoisotopic (exact) mass is 277 g/mol. The highest BCUT2D eigenvalue weighted by atomic mass is 32.2. The van der Waals surface area contributed by atoms with Crippen molar-refractivity contribution in [3.05, 3.63) is 47.9 Å². The van der Waals surface area contributed by atoms with E-state index in [-0.39, 0.29) is 5.91 Å². The third-order valence-corrected chi connectivity index (χ3v) is 3.03. The summed E-state index contributed by atoms with van der Waals surface area (Å²) in [7, 11) is 0. The Balaban J connectivity index is 1.80. The van der Waals surface area contributed by atoms with Crippen LogP contribution in [0.5, 0.6) is 0 Å². The number of hydrogen-bond acceptors (Lipinski definition) is 5. The van der Waals surface area contributed by atoms with Crippen LogP contribution in [-0.2, 0) is 12.2 Å². The van der Waals surface area contributed by atoms with Crippen LogP contribution in [0, 0.1) is 0 Å². The first-order valence-corrected chi connectivity index (χ1v) is 7.29. The molecular weight excluding hydrogens is 262 g/mol. The maximum absolute atomic E-state index is 11.8. The lowest BCUT2D eigenvalue weighted by Gasteiger charge is -2.02. The summed E-state index contributed by atoms with van der Waals surface area (Å²) in [5, 5.41) is 2.80. The topological polar surface area (TPSA) is 68.0 Å². The molecule has 0 aliphatic carbocycles. The average Bonchev–Trinajstić information content (AvgIpc) is 2.89. The van der Waals surface area contributed by atoms with Crippen molar-refractivity contribution in [1.29, 1.82) is 0 Å². The van der Waals surface area contributed by atoms with Crippen LogP contribution < -0.4 is 5.32 Å². The Labute approximate surface area is 115 Å². The maximum atomic E-state index is 11.8. The predicted octanol–water partition coefficient (Wildman–Crippen LogP) is 1.91. The Morgan fingerprint density at radius 3 is 3.05 bits per heavy atom. The average molecular weight is 277 g/mol. The molecule has 19 heavy (non-hydrogen) atoms. The SMILES string of the molecule is CSCc1ccc(C(=O)NCCc2cnccn2)o1. The number of nitrogens with one attached hydrogen (secondary N) is 1. The zero-order valence-electron chi connectivity index (χ0n) is 10.6. The van der Waals surface area contributed by atoms with E-state index in [1.165, 1.54) is 0 Å². The molecule has 0 aromatic carbocycles. The zero-order valence-corrected chi connectivity index (χ0v) is 11.4. The summed E-state index contributed by atoms with van der Waals surface area (Å²) >= 11 is 1.65. The van der Waals surface area contributed by atoms with Crippen molar-refractivity contribution < 1.29 is 9.21 Å². The summed E-state index contributed by atoms with van der Waals surface area (Å²) in [4.78, 5) is 19.9. The van der Waals surface area contributed by atoms with E-state index in [0.29, 0.717) is 18.7 Å². The van der Waals surface area contributed by atoms with Gasteiger partial charge in [0.2, 0.25) is 0 Å². The van der Waals surface area contributed by atoms with Crippen molar-refractivity contribution in [2.24, 2.45) is 0 Å². The molecule has 0 atom stereocenters. The number of carbonyl (C=O) groups excluding carboxylic acids is 1. The normalized spacial score (nSPS) is 10.4. The van der Waals surface area contributed by atoms with Gasteiger partial charge in [-0.3, -0.25) is 14.8 Å². The molecule has 1 N–H and O–H groups in total. The van der Waals surface area contributed by atoms with Gasteiger partial charge in [-0.1, -0.05) is 0 Å². The number of furan rings is 1. The fraction of sp³-hybridized carbons (Fsp3) is 0.308. The Kier molecular flexibility index (Phi) is 4.97. The third kappa shape index (κ3) is 4.10. The first-order valence-electron chi connectivity index (χ1n) is 5.90. The number of hydrogen-bond donors (Lipinski definition) is 1. The summed E-state index contributed by atoms with van der Waals surface area (Å²) in [5.74, 6) is 1.73. The van der Waals surface area contributed by atoms with Crippen molar-refractivity contribution >= 4 is 17.7 Å². The largest absolute Gasteiger partial charge is 0.455 e. The van der Waals surface area contributed by atoms with Gasteiger partial charge in [-0.25, -0.2) is 0 Å². The van der Waals surface area contributed by atoms with Crippen LogP contribution >= 0.6 is 11.8 Å². The van der Waals surface area contributed by atoms with Gasteiger partial charge in [-0.05, 0) is 18.4 Å². The number of nitrogens with zero attached hydrogens (tertiary/aromatic N) is 2. The van der Waals surface area contributed by atoms with Crippen LogP contribution in [-0.4, -0.2) is 28.7 Å². The minimum absolute atomic E-state index is 0.198. The van der Waals surface area contributed by atoms with Crippen molar-refractivity contribution in [1.82, 2.24) is 15.3 Å². The van der Waals surface area contributed by atoms with Crippen LogP contribution in [0.3, 0.4) is 0 Å². The molecule has 2 rings (SSSR count). The summed E-state index contributed by atoms with van der Waals surface area (Å²) in [6, 6.07) is 3.53. The van der Waals surface area contributed by atoms with Crippen LogP contribution in [0.15, 0.2) is 35.1 Å². The molecule has 2 aromatic heterocycles. The molecular formula is C13H15N3O2S. The van der Waals surface area contributed by atoms with Gasteiger partial charge in [0.05, 0.1) is 11.4 Å². The summed E-state index contributed by atoms with van der Waals surface area (Å²) < 4.78 is 5.43. The van der Waals surface area contributed by atoms with Gasteiger partial charge in [0.1, 0.15) is 5.76 Å². The lowest BCUT2D eigenvalue weighted by molar-refractivity contribution is 0.0925. The molecule has 2 aromatic rings. The Morgan fingerprint density at radius 2 is 2.32 bits per heavy atom. The smallest absolute Gasteiger partial charge is 0.287 e. The van der Waals surface area contributed by atoms with E-state index in [2.05, 4.69) is 15.3 Å². The second-order valence-corrected chi connectivity index (χ2v) is 4.77. The molecule has 5 nitrogen and oxygen atoms in total. The molecule has 0 aliphatic rings. The lowest BCUT2D eigenvalue weighted by atomic mass is 10.3. The number of thioether (sulfide) groups is 1. The summed E-state index contributed by atoms with van der Waals surface area (Å²) in [5.41, 5.74) is 0.852. The van der Waals surface area contributed by atoms with E-state index >= 15 is 0 Å². The van der Waals surface area contributed by atoms with Crippen LogP contribution in [0.2, 0.25) is 0 Å². The minimum atomic E-state index is -0.198. The molecule has 0 bridgehead atoms. The quantitative estimate of drug-likeness (QED) is 0.873. The van der Waals surface area contributed by atoms with Gasteiger partial charge in [0.15, 0.2) is 5.76 Å². The minimum Gasteiger partial charge on any atom is -0.455 e. The number of carbonyl (C=O) groups is 1. The van der Waals surface area contributed by atoms with E-state index in [4.69, 9.17) is 4.42 Å². The molecule has 6 heteroatoms. The summed E-state index contributed by atoms with van der Waals surface area (Å²) in [6.07, 6.45) is 7.59. The molecule has 0 fully saturated rings. The van der Waals surface area contributed by atoms with Crippen molar-refractivity contribution in [3.8, 4) is 0 Å². The standard InChI is InChI=1S/C13H15N3O2S/c1-19-9-11-2-3-12(18-11)13(17)16-5-4-10-8-14-6-7-15-10/h2-3,6-8H,4-5,9H2,1H3,(H,16,17).